The van der Waals surface area contributed by atoms with Crippen molar-refractivity contribution in [2.24, 2.45) is 0 Å². The van der Waals surface area contributed by atoms with Gasteiger partial charge in [0, 0.05) is 0 Å². The van der Waals surface area contributed by atoms with Crippen molar-refractivity contribution in [2.75, 3.05) is 0 Å². The van der Waals surface area contributed by atoms with Gasteiger partial charge >= 0.3 is 0 Å². The predicted molar refractivity (Wildman–Crippen MR) is 99.9 cm³/mol. The fourth-order valence-electron chi connectivity index (χ4n) is 2.89. The second-order valence-electron chi connectivity index (χ2n) is 5.75. The molecule has 0 radical (unpaired) electrons. The first kappa shape index (κ1) is 16.8. The van der Waals surface area contributed by atoms with Gasteiger partial charge in [0.25, 0.3) is 0 Å². The molecule has 0 aliphatic heterocycles. The van der Waals surface area contributed by atoms with Gasteiger partial charge in [0.15, 0.2) is 0 Å². The SMILES string of the molecule is Cc1c(C)c(C)c(C(Br)C(Br)c2ccccc2)c(C)c1C. The summed E-state index contributed by atoms with van der Waals surface area (Å²) in [5.74, 6) is 0. The van der Waals surface area contributed by atoms with Crippen LogP contribution in [0.2, 0.25) is 0 Å². The molecule has 2 atom stereocenters. The molecule has 0 spiro atoms. The lowest BCUT2D eigenvalue weighted by Crippen LogP contribution is -2.08. The molecular formula is C19H22Br2. The van der Waals surface area contributed by atoms with Crippen molar-refractivity contribution in [2.45, 2.75) is 44.3 Å². The van der Waals surface area contributed by atoms with Crippen LogP contribution in [0.15, 0.2) is 30.3 Å². The molecule has 2 rings (SSSR count). The van der Waals surface area contributed by atoms with Gasteiger partial charge in [-0.15, -0.1) is 0 Å². The van der Waals surface area contributed by atoms with Gasteiger partial charge < -0.3 is 0 Å². The van der Waals surface area contributed by atoms with Gasteiger partial charge in [0.2, 0.25) is 0 Å². The predicted octanol–water partition coefficient (Wildman–Crippen LogP) is 6.80. The smallest absolute Gasteiger partial charge is 0.0566 e. The fourth-order valence-corrected chi connectivity index (χ4v) is 4.46. The van der Waals surface area contributed by atoms with Crippen molar-refractivity contribution in [1.82, 2.24) is 0 Å². The molecule has 2 heteroatoms. The van der Waals surface area contributed by atoms with Crippen molar-refractivity contribution in [3.8, 4) is 0 Å². The number of halogens is 2. The van der Waals surface area contributed by atoms with Gasteiger partial charge in [-0.1, -0.05) is 62.2 Å². The first-order valence-electron chi connectivity index (χ1n) is 7.26. The molecule has 0 saturated carbocycles. The van der Waals surface area contributed by atoms with E-state index in [2.05, 4.69) is 96.8 Å². The second-order valence-corrected chi connectivity index (χ2v) is 7.73. The molecule has 0 amide bonds. The van der Waals surface area contributed by atoms with Crippen LogP contribution in [0.25, 0.3) is 0 Å². The maximum Gasteiger partial charge on any atom is 0.0566 e. The average Bonchev–Trinajstić information content (AvgIpc) is 2.51. The Bertz CT molecular complexity index is 615. The Balaban J connectivity index is 2.52. The summed E-state index contributed by atoms with van der Waals surface area (Å²) in [5, 5.41) is 0. The second kappa shape index (κ2) is 6.66. The standard InChI is InChI=1S/C19H22Br2/c1-11-12(2)14(4)17(15(5)13(11)3)19(21)18(20)16-9-7-6-8-10-16/h6-10,18-19H,1-5H3. The van der Waals surface area contributed by atoms with Gasteiger partial charge in [0.05, 0.1) is 9.65 Å². The van der Waals surface area contributed by atoms with Crippen molar-refractivity contribution in [3.05, 3.63) is 69.3 Å². The molecule has 0 saturated heterocycles. The van der Waals surface area contributed by atoms with E-state index < -0.39 is 0 Å². The summed E-state index contributed by atoms with van der Waals surface area (Å²) in [7, 11) is 0. The maximum atomic E-state index is 3.94. The summed E-state index contributed by atoms with van der Waals surface area (Å²) in [4.78, 5) is 0.524. The highest BCUT2D eigenvalue weighted by Crippen LogP contribution is 2.46. The Labute approximate surface area is 145 Å². The molecule has 21 heavy (non-hydrogen) atoms. The lowest BCUT2D eigenvalue weighted by Gasteiger charge is -2.25. The van der Waals surface area contributed by atoms with Crippen LogP contribution in [0.1, 0.15) is 48.6 Å². The zero-order valence-electron chi connectivity index (χ0n) is 13.3. The van der Waals surface area contributed by atoms with Crippen LogP contribution in [0.5, 0.6) is 0 Å². The number of benzene rings is 2. The highest BCUT2D eigenvalue weighted by molar-refractivity contribution is 9.12. The molecule has 2 aromatic rings. The molecule has 0 aliphatic carbocycles. The molecule has 0 heterocycles. The zero-order chi connectivity index (χ0) is 15.7. The van der Waals surface area contributed by atoms with E-state index in [1.54, 1.807) is 0 Å². The largest absolute Gasteiger partial charge is 0.0823 e. The Hall–Kier alpha value is -0.600. The topological polar surface area (TPSA) is 0 Å². The molecular weight excluding hydrogens is 388 g/mol. The number of alkyl halides is 2. The quantitative estimate of drug-likeness (QED) is 0.488. The van der Waals surface area contributed by atoms with Gasteiger partial charge in [0.1, 0.15) is 0 Å². The minimum absolute atomic E-state index is 0.262. The summed E-state index contributed by atoms with van der Waals surface area (Å²) < 4.78 is 0. The van der Waals surface area contributed by atoms with Crippen LogP contribution >= 0.6 is 31.9 Å². The molecule has 112 valence electrons. The molecule has 0 fully saturated rings. The van der Waals surface area contributed by atoms with Gasteiger partial charge in [-0.25, -0.2) is 0 Å². The van der Waals surface area contributed by atoms with Gasteiger partial charge in [-0.3, -0.25) is 0 Å². The highest BCUT2D eigenvalue weighted by atomic mass is 79.9. The third-order valence-electron chi connectivity index (χ3n) is 4.71. The van der Waals surface area contributed by atoms with Crippen molar-refractivity contribution in [3.63, 3.8) is 0 Å². The highest BCUT2D eigenvalue weighted by Gasteiger charge is 2.25. The van der Waals surface area contributed by atoms with E-state index in [0.717, 1.165) is 0 Å². The minimum atomic E-state index is 0.262. The summed E-state index contributed by atoms with van der Waals surface area (Å²) in [6.45, 7) is 11.2. The lowest BCUT2D eigenvalue weighted by atomic mass is 9.87. The normalized spacial score (nSPS) is 14.0. The first-order valence-corrected chi connectivity index (χ1v) is 9.09. The molecule has 0 aromatic heterocycles. The van der Waals surface area contributed by atoms with Crippen LogP contribution in [-0.4, -0.2) is 0 Å². The Morgan fingerprint density at radius 1 is 0.619 bits per heavy atom. The molecule has 0 aliphatic rings. The van der Waals surface area contributed by atoms with E-state index in [0.29, 0.717) is 0 Å². The third-order valence-corrected chi connectivity index (χ3v) is 7.46. The van der Waals surface area contributed by atoms with E-state index in [-0.39, 0.29) is 9.65 Å². The summed E-state index contributed by atoms with van der Waals surface area (Å²) in [6.07, 6.45) is 0. The minimum Gasteiger partial charge on any atom is -0.0823 e. The van der Waals surface area contributed by atoms with Crippen LogP contribution in [0.4, 0.5) is 0 Å². The fraction of sp³-hybridized carbons (Fsp3) is 0.368. The summed E-state index contributed by atoms with van der Waals surface area (Å²) >= 11 is 7.81. The molecule has 2 unspecified atom stereocenters. The third kappa shape index (κ3) is 3.12. The Kier molecular flexibility index (Phi) is 5.32. The first-order chi connectivity index (χ1) is 9.86. The lowest BCUT2D eigenvalue weighted by molar-refractivity contribution is 0.906. The van der Waals surface area contributed by atoms with Crippen LogP contribution < -0.4 is 0 Å². The van der Waals surface area contributed by atoms with Crippen molar-refractivity contribution in [1.29, 1.82) is 0 Å². The van der Waals surface area contributed by atoms with Crippen molar-refractivity contribution < 1.29 is 0 Å². The van der Waals surface area contributed by atoms with E-state index in [9.17, 15) is 0 Å². The van der Waals surface area contributed by atoms with Crippen molar-refractivity contribution >= 4 is 31.9 Å². The van der Waals surface area contributed by atoms with Gasteiger partial charge in [-0.2, -0.15) is 0 Å². The van der Waals surface area contributed by atoms with E-state index in [1.807, 2.05) is 0 Å². The summed E-state index contributed by atoms with van der Waals surface area (Å²) in [5.41, 5.74) is 9.75. The Morgan fingerprint density at radius 2 is 1.05 bits per heavy atom. The molecule has 2 aromatic carbocycles. The van der Waals surface area contributed by atoms with Crippen LogP contribution in [-0.2, 0) is 0 Å². The maximum absolute atomic E-state index is 3.94. The zero-order valence-corrected chi connectivity index (χ0v) is 16.5. The van der Waals surface area contributed by atoms with Crippen LogP contribution in [0, 0.1) is 34.6 Å². The Morgan fingerprint density at radius 3 is 1.52 bits per heavy atom. The van der Waals surface area contributed by atoms with E-state index in [4.69, 9.17) is 0 Å². The van der Waals surface area contributed by atoms with E-state index in [1.165, 1.54) is 38.9 Å². The molecule has 0 N–H and O–H groups in total. The monoisotopic (exact) mass is 408 g/mol. The van der Waals surface area contributed by atoms with Gasteiger partial charge in [-0.05, 0) is 73.6 Å². The summed E-state index contributed by atoms with van der Waals surface area (Å²) in [6, 6.07) is 10.6. The van der Waals surface area contributed by atoms with Crippen LogP contribution in [0.3, 0.4) is 0 Å². The van der Waals surface area contributed by atoms with E-state index >= 15 is 0 Å². The number of rotatable bonds is 3. The number of hydrogen-bond donors (Lipinski definition) is 0. The molecule has 0 bridgehead atoms. The average molecular weight is 410 g/mol. The molecule has 0 nitrogen and oxygen atoms in total. The number of hydrogen-bond acceptors (Lipinski definition) is 0.